The quantitative estimate of drug-likeness (QED) is 0.652. The van der Waals surface area contributed by atoms with Crippen LogP contribution in [0.4, 0.5) is 0 Å². The molecule has 5 heterocycles. The van der Waals surface area contributed by atoms with Crippen LogP contribution in [0.1, 0.15) is 12.6 Å². The molecule has 1 spiro atoms. The fourth-order valence-electron chi connectivity index (χ4n) is 4.02. The molecular formula is C18H19N5O5. The maximum atomic E-state index is 10.7. The molecule has 2 N–H and O–H groups in total. The van der Waals surface area contributed by atoms with E-state index in [4.69, 9.17) is 14.2 Å². The molecule has 0 amide bonds. The van der Waals surface area contributed by atoms with E-state index in [9.17, 15) is 10.2 Å². The predicted octanol–water partition coefficient (Wildman–Crippen LogP) is 0.307. The van der Waals surface area contributed by atoms with Crippen LogP contribution in [0.15, 0.2) is 31.0 Å². The molecule has 5 rings (SSSR count). The topological polar surface area (TPSA) is 125 Å². The zero-order valence-electron chi connectivity index (χ0n) is 15.1. The summed E-state index contributed by atoms with van der Waals surface area (Å²) in [5.41, 5.74) is 0.278. The lowest BCUT2D eigenvalue weighted by atomic mass is 9.86. The van der Waals surface area contributed by atoms with Crippen molar-refractivity contribution in [1.29, 1.82) is 0 Å². The lowest BCUT2D eigenvalue weighted by Crippen LogP contribution is -2.56. The number of rotatable bonds is 4. The summed E-state index contributed by atoms with van der Waals surface area (Å²) in [5, 5.41) is 20.9. The van der Waals surface area contributed by atoms with Crippen molar-refractivity contribution in [2.45, 2.75) is 30.5 Å². The van der Waals surface area contributed by atoms with Crippen LogP contribution in [0, 0.1) is 0 Å². The highest BCUT2D eigenvalue weighted by Gasteiger charge is 2.61. The minimum absolute atomic E-state index is 0.311. The first kappa shape index (κ1) is 17.4. The average molecular weight is 385 g/mol. The van der Waals surface area contributed by atoms with Gasteiger partial charge in [-0.1, -0.05) is 0 Å². The molecule has 146 valence electrons. The van der Waals surface area contributed by atoms with E-state index < -0.39 is 24.0 Å². The van der Waals surface area contributed by atoms with Gasteiger partial charge in [-0.3, -0.25) is 0 Å². The summed E-state index contributed by atoms with van der Waals surface area (Å²) in [6.45, 7) is 0.205. The maximum absolute atomic E-state index is 10.7. The van der Waals surface area contributed by atoms with Gasteiger partial charge in [-0.25, -0.2) is 19.9 Å². The number of ether oxygens (including phenoxy) is 3. The summed E-state index contributed by atoms with van der Waals surface area (Å²) in [5.74, 6) is 0.868. The van der Waals surface area contributed by atoms with Crippen molar-refractivity contribution >= 4 is 11.0 Å². The van der Waals surface area contributed by atoms with Crippen LogP contribution in [-0.2, 0) is 9.47 Å². The minimum Gasteiger partial charge on any atom is -0.480 e. The number of nitrogens with zero attached hydrogens (tertiary/aromatic N) is 5. The fraction of sp³-hybridized carbons (Fsp3) is 0.444. The lowest BCUT2D eigenvalue weighted by molar-refractivity contribution is -0.225. The Hall–Kier alpha value is -2.66. The number of aromatic nitrogens is 5. The van der Waals surface area contributed by atoms with Gasteiger partial charge in [0, 0.05) is 25.0 Å². The third-order valence-electron chi connectivity index (χ3n) is 5.45. The normalized spacial score (nSPS) is 29.3. The molecule has 2 aliphatic rings. The molecule has 0 saturated carbocycles. The van der Waals surface area contributed by atoms with Crippen molar-refractivity contribution in [2.24, 2.45) is 0 Å². The van der Waals surface area contributed by atoms with Gasteiger partial charge in [-0.2, -0.15) is 0 Å². The molecule has 3 aromatic rings. The van der Waals surface area contributed by atoms with Crippen molar-refractivity contribution in [2.75, 3.05) is 20.3 Å². The molecule has 10 heteroatoms. The third kappa shape index (κ3) is 2.29. The Morgan fingerprint density at radius 2 is 2.07 bits per heavy atom. The standard InChI is InChI=1S/C18H19N5O5/c1-26-16-12-10(14-19-4-2-5-20-14)7-23(15(12)21-9-22-16)17-18(3-6-27-18)13(25)11(8-24)28-17/h2,4-5,7,9,11,13,17,24-25H,3,6,8H2,1H3/t11-,13-,17-,18-/m1/s1. The SMILES string of the molecule is COc1ncnc2c1c(-c1ncccn1)cn2[C@@H]1O[C@H](CO)[C@@H](O)[C@]12CCO2. The molecule has 0 bridgehead atoms. The average Bonchev–Trinajstić information content (AvgIpc) is 3.23. The van der Waals surface area contributed by atoms with E-state index in [0.29, 0.717) is 41.3 Å². The van der Waals surface area contributed by atoms with Gasteiger partial charge < -0.3 is 29.0 Å². The summed E-state index contributed by atoms with van der Waals surface area (Å²) in [6.07, 6.45) is 4.74. The summed E-state index contributed by atoms with van der Waals surface area (Å²) >= 11 is 0. The molecule has 28 heavy (non-hydrogen) atoms. The largest absolute Gasteiger partial charge is 0.480 e. The smallest absolute Gasteiger partial charge is 0.226 e. The summed E-state index contributed by atoms with van der Waals surface area (Å²) < 4.78 is 19.0. The van der Waals surface area contributed by atoms with E-state index in [1.807, 2.05) is 0 Å². The van der Waals surface area contributed by atoms with E-state index in [-0.39, 0.29) is 6.61 Å². The maximum Gasteiger partial charge on any atom is 0.226 e. The molecule has 2 aliphatic heterocycles. The van der Waals surface area contributed by atoms with E-state index >= 15 is 0 Å². The van der Waals surface area contributed by atoms with E-state index in [1.54, 1.807) is 29.2 Å². The molecule has 2 saturated heterocycles. The highest BCUT2D eigenvalue weighted by Crippen LogP contribution is 2.50. The van der Waals surface area contributed by atoms with Gasteiger partial charge >= 0.3 is 0 Å². The number of methoxy groups -OCH3 is 1. The Morgan fingerprint density at radius 1 is 1.29 bits per heavy atom. The molecule has 4 atom stereocenters. The Morgan fingerprint density at radius 3 is 2.71 bits per heavy atom. The highest BCUT2D eigenvalue weighted by molar-refractivity contribution is 5.96. The van der Waals surface area contributed by atoms with Gasteiger partial charge in [-0.15, -0.1) is 0 Å². The van der Waals surface area contributed by atoms with Crippen LogP contribution in [0.3, 0.4) is 0 Å². The lowest BCUT2D eigenvalue weighted by Gasteiger charge is -2.44. The van der Waals surface area contributed by atoms with E-state index in [1.165, 1.54) is 13.4 Å². The second-order valence-electron chi connectivity index (χ2n) is 6.81. The Kier molecular flexibility index (Phi) is 4.02. The van der Waals surface area contributed by atoms with Crippen LogP contribution in [0.2, 0.25) is 0 Å². The Balaban J connectivity index is 1.73. The predicted molar refractivity (Wildman–Crippen MR) is 95.4 cm³/mol. The fourth-order valence-corrected chi connectivity index (χ4v) is 4.02. The highest BCUT2D eigenvalue weighted by atomic mass is 16.6. The third-order valence-corrected chi connectivity index (χ3v) is 5.45. The van der Waals surface area contributed by atoms with Crippen molar-refractivity contribution in [3.05, 3.63) is 31.0 Å². The van der Waals surface area contributed by atoms with Crippen LogP contribution < -0.4 is 4.74 Å². The number of hydrogen-bond acceptors (Lipinski definition) is 9. The molecule has 0 unspecified atom stereocenters. The zero-order valence-corrected chi connectivity index (χ0v) is 15.1. The Bertz CT molecular complexity index is 1010. The van der Waals surface area contributed by atoms with Crippen molar-refractivity contribution in [3.8, 4) is 17.3 Å². The molecule has 0 radical (unpaired) electrons. The first-order chi connectivity index (χ1) is 13.7. The summed E-state index contributed by atoms with van der Waals surface area (Å²) in [4.78, 5) is 17.3. The molecule has 3 aromatic heterocycles. The van der Waals surface area contributed by atoms with Crippen molar-refractivity contribution < 1.29 is 24.4 Å². The molecule has 10 nitrogen and oxygen atoms in total. The first-order valence-electron chi connectivity index (χ1n) is 8.95. The van der Waals surface area contributed by atoms with Gasteiger partial charge in [0.1, 0.15) is 29.8 Å². The van der Waals surface area contributed by atoms with Crippen LogP contribution in [0.25, 0.3) is 22.4 Å². The number of fused-ring (bicyclic) bond motifs is 1. The van der Waals surface area contributed by atoms with Gasteiger partial charge in [0.25, 0.3) is 0 Å². The van der Waals surface area contributed by atoms with Crippen LogP contribution in [0.5, 0.6) is 5.88 Å². The van der Waals surface area contributed by atoms with Crippen LogP contribution >= 0.6 is 0 Å². The van der Waals surface area contributed by atoms with Gasteiger partial charge in [0.05, 0.1) is 31.3 Å². The zero-order chi connectivity index (χ0) is 19.3. The summed E-state index contributed by atoms with van der Waals surface area (Å²) in [6, 6.07) is 1.73. The number of hydrogen-bond donors (Lipinski definition) is 2. The van der Waals surface area contributed by atoms with Crippen LogP contribution in [-0.4, -0.2) is 72.8 Å². The monoisotopic (exact) mass is 385 g/mol. The van der Waals surface area contributed by atoms with E-state index in [0.717, 1.165) is 0 Å². The van der Waals surface area contributed by atoms with Gasteiger partial charge in [0.2, 0.25) is 5.88 Å². The Labute approximate surface area is 159 Å². The minimum atomic E-state index is -0.950. The van der Waals surface area contributed by atoms with Crippen molar-refractivity contribution in [3.63, 3.8) is 0 Å². The van der Waals surface area contributed by atoms with Gasteiger partial charge in [-0.05, 0) is 6.07 Å². The number of aliphatic hydroxyl groups excluding tert-OH is 2. The molecule has 0 aromatic carbocycles. The summed E-state index contributed by atoms with van der Waals surface area (Å²) in [7, 11) is 1.53. The molecular weight excluding hydrogens is 366 g/mol. The first-order valence-corrected chi connectivity index (χ1v) is 8.95. The molecule has 0 aliphatic carbocycles. The van der Waals surface area contributed by atoms with Gasteiger partial charge in [0.15, 0.2) is 12.1 Å². The number of aliphatic hydroxyl groups is 2. The van der Waals surface area contributed by atoms with Crippen molar-refractivity contribution in [1.82, 2.24) is 24.5 Å². The second-order valence-corrected chi connectivity index (χ2v) is 6.81. The molecule has 2 fully saturated rings. The van der Waals surface area contributed by atoms with E-state index in [2.05, 4.69) is 19.9 Å². The second kappa shape index (κ2) is 6.45.